The van der Waals surface area contributed by atoms with E-state index in [1.165, 1.54) is 12.0 Å². The van der Waals surface area contributed by atoms with Crippen molar-refractivity contribution in [1.82, 2.24) is 5.32 Å². The molecule has 70 valence electrons. The zero-order valence-electron chi connectivity index (χ0n) is 8.10. The molecule has 1 unspecified atom stereocenters. The third kappa shape index (κ3) is 2.95. The fraction of sp³-hybridized carbons (Fsp3) is 0.800. The van der Waals surface area contributed by atoms with E-state index in [1.54, 1.807) is 0 Å². The van der Waals surface area contributed by atoms with Crippen LogP contribution in [0.25, 0.3) is 0 Å². The van der Waals surface area contributed by atoms with Gasteiger partial charge < -0.3 is 10.1 Å². The molecule has 1 heterocycles. The van der Waals surface area contributed by atoms with Gasteiger partial charge in [0, 0.05) is 12.5 Å². The fourth-order valence-electron chi connectivity index (χ4n) is 1.50. The van der Waals surface area contributed by atoms with Crippen LogP contribution in [0.5, 0.6) is 0 Å². The van der Waals surface area contributed by atoms with E-state index in [0.717, 1.165) is 26.2 Å². The van der Waals surface area contributed by atoms with Crippen molar-refractivity contribution in [2.24, 2.45) is 5.92 Å². The highest BCUT2D eigenvalue weighted by Gasteiger charge is 2.16. The van der Waals surface area contributed by atoms with Crippen molar-refractivity contribution in [3.8, 4) is 0 Å². The van der Waals surface area contributed by atoms with Crippen LogP contribution >= 0.6 is 0 Å². The molecular weight excluding hydrogens is 150 g/mol. The predicted octanol–water partition coefficient (Wildman–Crippen LogP) is 1.58. The second-order valence-corrected chi connectivity index (χ2v) is 3.40. The lowest BCUT2D eigenvalue weighted by Crippen LogP contribution is -2.07. The quantitative estimate of drug-likeness (QED) is 0.509. The van der Waals surface area contributed by atoms with Crippen LogP contribution in [0.1, 0.15) is 19.8 Å². The van der Waals surface area contributed by atoms with Crippen LogP contribution in [-0.2, 0) is 4.74 Å². The molecular formula is C10H19NO. The zero-order chi connectivity index (χ0) is 8.81. The average Bonchev–Trinajstić information content (AvgIpc) is 2.56. The van der Waals surface area contributed by atoms with Crippen LogP contribution in [0.2, 0.25) is 0 Å². The molecule has 1 atom stereocenters. The Hall–Kier alpha value is -0.340. The van der Waals surface area contributed by atoms with Gasteiger partial charge >= 0.3 is 0 Å². The van der Waals surface area contributed by atoms with Crippen LogP contribution in [0.15, 0.2) is 11.6 Å². The molecule has 2 nitrogen and oxygen atoms in total. The minimum absolute atomic E-state index is 0.696. The van der Waals surface area contributed by atoms with Gasteiger partial charge in [-0.25, -0.2) is 0 Å². The molecule has 1 fully saturated rings. The maximum absolute atomic E-state index is 5.33. The average molecular weight is 169 g/mol. The summed E-state index contributed by atoms with van der Waals surface area (Å²) in [6, 6.07) is 0. The van der Waals surface area contributed by atoms with Crippen LogP contribution in [0.3, 0.4) is 0 Å². The van der Waals surface area contributed by atoms with Gasteiger partial charge in [0.1, 0.15) is 0 Å². The Kier molecular flexibility index (Phi) is 4.33. The van der Waals surface area contributed by atoms with Crippen LogP contribution in [0.4, 0.5) is 0 Å². The highest BCUT2D eigenvalue weighted by molar-refractivity contribution is 5.04. The van der Waals surface area contributed by atoms with Crippen molar-refractivity contribution >= 4 is 0 Å². The molecule has 1 aliphatic rings. The summed E-state index contributed by atoms with van der Waals surface area (Å²) < 4.78 is 5.33. The third-order valence-corrected chi connectivity index (χ3v) is 2.43. The Morgan fingerprint density at radius 2 is 2.50 bits per heavy atom. The summed E-state index contributed by atoms with van der Waals surface area (Å²) >= 11 is 0. The first-order valence-corrected chi connectivity index (χ1v) is 4.73. The normalized spacial score (nSPS) is 24.8. The van der Waals surface area contributed by atoms with Gasteiger partial charge in [0.05, 0.1) is 6.61 Å². The van der Waals surface area contributed by atoms with E-state index in [1.807, 2.05) is 7.05 Å². The highest BCUT2D eigenvalue weighted by atomic mass is 16.5. The summed E-state index contributed by atoms with van der Waals surface area (Å²) in [6.45, 7) is 5.17. The van der Waals surface area contributed by atoms with Crippen molar-refractivity contribution < 1.29 is 4.74 Å². The van der Waals surface area contributed by atoms with Crippen molar-refractivity contribution in [3.63, 3.8) is 0 Å². The molecule has 0 spiro atoms. The smallest absolute Gasteiger partial charge is 0.0532 e. The SMILES string of the molecule is CNCCC=C(C)C1CCOC1. The molecule has 0 bridgehead atoms. The van der Waals surface area contributed by atoms with Crippen molar-refractivity contribution in [1.29, 1.82) is 0 Å². The maximum Gasteiger partial charge on any atom is 0.0532 e. The highest BCUT2D eigenvalue weighted by Crippen LogP contribution is 2.20. The first-order valence-electron chi connectivity index (χ1n) is 4.73. The summed E-state index contributed by atoms with van der Waals surface area (Å²) in [5.41, 5.74) is 1.50. The summed E-state index contributed by atoms with van der Waals surface area (Å²) in [6.07, 6.45) is 4.68. The lowest BCUT2D eigenvalue weighted by atomic mass is 9.99. The summed E-state index contributed by atoms with van der Waals surface area (Å²) in [4.78, 5) is 0. The van der Waals surface area contributed by atoms with Crippen LogP contribution in [0, 0.1) is 5.92 Å². The number of hydrogen-bond donors (Lipinski definition) is 1. The lowest BCUT2D eigenvalue weighted by Gasteiger charge is -2.07. The summed E-state index contributed by atoms with van der Waals surface area (Å²) in [7, 11) is 1.99. The van der Waals surface area contributed by atoms with Gasteiger partial charge in [-0.1, -0.05) is 11.6 Å². The largest absolute Gasteiger partial charge is 0.381 e. The standard InChI is InChI=1S/C10H19NO/c1-9(4-3-6-11-2)10-5-7-12-8-10/h4,10-11H,3,5-8H2,1-2H3. The van der Waals surface area contributed by atoms with Gasteiger partial charge in [-0.3, -0.25) is 0 Å². The first-order chi connectivity index (χ1) is 5.84. The molecule has 0 aromatic heterocycles. The lowest BCUT2D eigenvalue weighted by molar-refractivity contribution is 0.190. The van der Waals surface area contributed by atoms with E-state index in [4.69, 9.17) is 4.74 Å². The van der Waals surface area contributed by atoms with E-state index < -0.39 is 0 Å². The van der Waals surface area contributed by atoms with Gasteiger partial charge in [-0.2, -0.15) is 0 Å². The minimum atomic E-state index is 0.696. The van der Waals surface area contributed by atoms with Gasteiger partial charge in [-0.05, 0) is 33.4 Å². The molecule has 0 amide bonds. The number of nitrogens with one attached hydrogen (secondary N) is 1. The summed E-state index contributed by atoms with van der Waals surface area (Å²) in [5, 5.41) is 3.14. The summed E-state index contributed by atoms with van der Waals surface area (Å²) in [5.74, 6) is 0.696. The number of rotatable bonds is 4. The Labute approximate surface area is 75.0 Å². The molecule has 0 aromatic carbocycles. The molecule has 1 saturated heterocycles. The van der Waals surface area contributed by atoms with E-state index >= 15 is 0 Å². The van der Waals surface area contributed by atoms with Gasteiger partial charge in [-0.15, -0.1) is 0 Å². The molecule has 0 saturated carbocycles. The number of ether oxygens (including phenoxy) is 1. The molecule has 0 aromatic rings. The molecule has 2 heteroatoms. The molecule has 1 rings (SSSR count). The molecule has 12 heavy (non-hydrogen) atoms. The molecule has 0 aliphatic carbocycles. The zero-order valence-corrected chi connectivity index (χ0v) is 8.10. The second kappa shape index (κ2) is 5.33. The first kappa shape index (κ1) is 9.75. The van der Waals surface area contributed by atoms with Gasteiger partial charge in [0.25, 0.3) is 0 Å². The predicted molar refractivity (Wildman–Crippen MR) is 51.2 cm³/mol. The Balaban J connectivity index is 2.24. The van der Waals surface area contributed by atoms with E-state index in [2.05, 4.69) is 18.3 Å². The van der Waals surface area contributed by atoms with E-state index in [0.29, 0.717) is 5.92 Å². The minimum Gasteiger partial charge on any atom is -0.381 e. The van der Waals surface area contributed by atoms with Crippen LogP contribution in [-0.4, -0.2) is 26.8 Å². The second-order valence-electron chi connectivity index (χ2n) is 3.40. The van der Waals surface area contributed by atoms with E-state index in [9.17, 15) is 0 Å². The van der Waals surface area contributed by atoms with E-state index in [-0.39, 0.29) is 0 Å². The fourth-order valence-corrected chi connectivity index (χ4v) is 1.50. The Bertz CT molecular complexity index is 148. The Morgan fingerprint density at radius 1 is 1.67 bits per heavy atom. The topological polar surface area (TPSA) is 21.3 Å². The van der Waals surface area contributed by atoms with Crippen LogP contribution < -0.4 is 5.32 Å². The van der Waals surface area contributed by atoms with Crippen molar-refractivity contribution in [2.75, 3.05) is 26.8 Å². The van der Waals surface area contributed by atoms with Crippen molar-refractivity contribution in [3.05, 3.63) is 11.6 Å². The molecule has 1 aliphatic heterocycles. The molecule has 1 N–H and O–H groups in total. The van der Waals surface area contributed by atoms with Crippen molar-refractivity contribution in [2.45, 2.75) is 19.8 Å². The number of hydrogen-bond acceptors (Lipinski definition) is 2. The van der Waals surface area contributed by atoms with Gasteiger partial charge in [0.2, 0.25) is 0 Å². The maximum atomic E-state index is 5.33. The monoisotopic (exact) mass is 169 g/mol. The third-order valence-electron chi connectivity index (χ3n) is 2.43. The molecule has 0 radical (unpaired) electrons. The van der Waals surface area contributed by atoms with Gasteiger partial charge in [0.15, 0.2) is 0 Å². The Morgan fingerprint density at radius 3 is 3.08 bits per heavy atom.